The molecule has 2 aromatic carbocycles. The largest absolute Gasteiger partial charge is 0.457 e. The lowest BCUT2D eigenvalue weighted by molar-refractivity contribution is 0.475. The molecule has 108 valence electrons. The molecule has 1 heteroatoms. The molecule has 0 unspecified atom stereocenters. The van der Waals surface area contributed by atoms with Gasteiger partial charge in [-0.2, -0.15) is 0 Å². The summed E-state index contributed by atoms with van der Waals surface area (Å²) in [6, 6.07) is 12.5. The smallest absolute Gasteiger partial charge is 0.130 e. The minimum Gasteiger partial charge on any atom is -0.457 e. The van der Waals surface area contributed by atoms with Gasteiger partial charge >= 0.3 is 0 Å². The first kappa shape index (κ1) is 15.1. The van der Waals surface area contributed by atoms with Gasteiger partial charge < -0.3 is 4.74 Å². The van der Waals surface area contributed by atoms with Crippen LogP contribution >= 0.6 is 0 Å². The van der Waals surface area contributed by atoms with E-state index in [0.29, 0.717) is 0 Å². The van der Waals surface area contributed by atoms with E-state index in [1.165, 1.54) is 11.1 Å². The van der Waals surface area contributed by atoms with Gasteiger partial charge in [-0.3, -0.25) is 0 Å². The molecule has 1 nitrogen and oxygen atoms in total. The quantitative estimate of drug-likeness (QED) is 0.629. The van der Waals surface area contributed by atoms with Crippen LogP contribution < -0.4 is 4.74 Å². The van der Waals surface area contributed by atoms with Crippen molar-refractivity contribution in [1.29, 1.82) is 0 Å². The third-order valence-corrected chi connectivity index (χ3v) is 3.46. The summed E-state index contributed by atoms with van der Waals surface area (Å²) < 4.78 is 6.05. The van der Waals surface area contributed by atoms with Gasteiger partial charge in [-0.25, -0.2) is 0 Å². The summed E-state index contributed by atoms with van der Waals surface area (Å²) in [5, 5.41) is 0. The summed E-state index contributed by atoms with van der Waals surface area (Å²) in [6.07, 6.45) is 5.60. The van der Waals surface area contributed by atoms with Crippen LogP contribution in [0.5, 0.6) is 11.5 Å². The van der Waals surface area contributed by atoms with Gasteiger partial charge in [0.05, 0.1) is 0 Å². The minimum atomic E-state index is 0.885. The lowest BCUT2D eigenvalue weighted by Gasteiger charge is -2.13. The predicted octanol–water partition coefficient (Wildman–Crippen LogP) is 5.55. The summed E-state index contributed by atoms with van der Waals surface area (Å²) in [6.45, 7) is 11.7. The highest BCUT2D eigenvalue weighted by molar-refractivity contribution is 5.43. The average Bonchev–Trinajstić information content (AvgIpc) is 2.45. The molecule has 0 aromatic heterocycles. The Balaban J connectivity index is 2.21. The Morgan fingerprint density at radius 3 is 1.57 bits per heavy atom. The van der Waals surface area contributed by atoms with Crippen molar-refractivity contribution in [3.63, 3.8) is 0 Å². The van der Waals surface area contributed by atoms with Gasteiger partial charge in [0.2, 0.25) is 0 Å². The van der Waals surface area contributed by atoms with Crippen molar-refractivity contribution in [3.05, 3.63) is 84.0 Å². The van der Waals surface area contributed by atoms with Crippen LogP contribution in [-0.2, 0) is 12.8 Å². The van der Waals surface area contributed by atoms with Crippen molar-refractivity contribution in [1.82, 2.24) is 0 Å². The van der Waals surface area contributed by atoms with Gasteiger partial charge in [0.15, 0.2) is 0 Å². The van der Waals surface area contributed by atoms with E-state index < -0.39 is 0 Å². The van der Waals surface area contributed by atoms with E-state index in [9.17, 15) is 0 Å². The molecule has 0 fully saturated rings. The van der Waals surface area contributed by atoms with Gasteiger partial charge in [0.25, 0.3) is 0 Å². The van der Waals surface area contributed by atoms with Crippen molar-refractivity contribution < 1.29 is 4.74 Å². The monoisotopic (exact) mass is 278 g/mol. The predicted molar refractivity (Wildman–Crippen MR) is 90.2 cm³/mol. The standard InChI is InChI=1S/C20H22O/c1-5-7-17-9-11-19(15(3)13-17)21-20-12-10-18(8-6-2)14-16(20)4/h5-6,9-14H,1-2,7-8H2,3-4H3. The molecular weight excluding hydrogens is 256 g/mol. The van der Waals surface area contributed by atoms with Gasteiger partial charge in [0.1, 0.15) is 11.5 Å². The molecule has 0 bridgehead atoms. The molecule has 0 saturated heterocycles. The van der Waals surface area contributed by atoms with Crippen molar-refractivity contribution in [2.75, 3.05) is 0 Å². The molecule has 0 saturated carbocycles. The number of aryl methyl sites for hydroxylation is 2. The van der Waals surface area contributed by atoms with Gasteiger partial charge in [-0.15, -0.1) is 13.2 Å². The van der Waals surface area contributed by atoms with E-state index in [4.69, 9.17) is 4.74 Å². The maximum absolute atomic E-state index is 6.05. The van der Waals surface area contributed by atoms with Crippen LogP contribution in [0.2, 0.25) is 0 Å². The molecule has 21 heavy (non-hydrogen) atoms. The van der Waals surface area contributed by atoms with Crippen molar-refractivity contribution >= 4 is 0 Å². The Morgan fingerprint density at radius 1 is 0.810 bits per heavy atom. The number of hydrogen-bond donors (Lipinski definition) is 0. The van der Waals surface area contributed by atoms with Crippen LogP contribution in [0.25, 0.3) is 0 Å². The van der Waals surface area contributed by atoms with Gasteiger partial charge in [-0.05, 0) is 61.1 Å². The molecule has 0 heterocycles. The van der Waals surface area contributed by atoms with E-state index >= 15 is 0 Å². The number of allylic oxidation sites excluding steroid dienone is 2. The Bertz CT molecular complexity index is 595. The molecule has 0 amide bonds. The molecule has 0 spiro atoms. The molecule has 2 rings (SSSR count). The first-order valence-electron chi connectivity index (χ1n) is 7.22. The molecule has 0 N–H and O–H groups in total. The van der Waals surface area contributed by atoms with Crippen LogP contribution in [0.1, 0.15) is 22.3 Å². The fourth-order valence-electron chi connectivity index (χ4n) is 2.36. The van der Waals surface area contributed by atoms with Crippen LogP contribution in [-0.4, -0.2) is 0 Å². The third kappa shape index (κ3) is 3.85. The Hall–Kier alpha value is -2.28. The second-order valence-corrected chi connectivity index (χ2v) is 5.29. The highest BCUT2D eigenvalue weighted by Gasteiger charge is 2.05. The van der Waals surface area contributed by atoms with Gasteiger partial charge in [-0.1, -0.05) is 36.4 Å². The minimum absolute atomic E-state index is 0.885. The highest BCUT2D eigenvalue weighted by atomic mass is 16.5. The summed E-state index contributed by atoms with van der Waals surface area (Å²) in [4.78, 5) is 0. The maximum atomic E-state index is 6.05. The Kier molecular flexibility index (Phi) is 4.99. The summed E-state index contributed by atoms with van der Waals surface area (Å²) in [5.41, 5.74) is 4.80. The number of benzene rings is 2. The van der Waals surface area contributed by atoms with E-state index in [-0.39, 0.29) is 0 Å². The molecule has 2 aromatic rings. The second kappa shape index (κ2) is 6.94. The van der Waals surface area contributed by atoms with Crippen LogP contribution in [0.4, 0.5) is 0 Å². The molecule has 0 atom stereocenters. The van der Waals surface area contributed by atoms with Crippen molar-refractivity contribution in [2.24, 2.45) is 0 Å². The normalized spacial score (nSPS) is 10.2. The topological polar surface area (TPSA) is 9.23 Å². The fourth-order valence-corrected chi connectivity index (χ4v) is 2.36. The van der Waals surface area contributed by atoms with E-state index in [0.717, 1.165) is 35.5 Å². The van der Waals surface area contributed by atoms with Crippen molar-refractivity contribution in [2.45, 2.75) is 26.7 Å². The molecule has 0 radical (unpaired) electrons. The zero-order valence-corrected chi connectivity index (χ0v) is 12.9. The summed E-state index contributed by atoms with van der Waals surface area (Å²) in [7, 11) is 0. The fraction of sp³-hybridized carbons (Fsp3) is 0.200. The third-order valence-electron chi connectivity index (χ3n) is 3.46. The second-order valence-electron chi connectivity index (χ2n) is 5.29. The van der Waals surface area contributed by atoms with Crippen LogP contribution in [0.3, 0.4) is 0 Å². The molecule has 0 aliphatic carbocycles. The first-order valence-corrected chi connectivity index (χ1v) is 7.22. The van der Waals surface area contributed by atoms with E-state index in [1.54, 1.807) is 0 Å². The average molecular weight is 278 g/mol. The number of ether oxygens (including phenoxy) is 1. The SMILES string of the molecule is C=CCc1ccc(Oc2ccc(CC=C)cc2C)c(C)c1. The van der Waals surface area contributed by atoms with Crippen molar-refractivity contribution in [3.8, 4) is 11.5 Å². The molecule has 0 aliphatic heterocycles. The zero-order valence-electron chi connectivity index (χ0n) is 12.9. The first-order chi connectivity index (χ1) is 10.1. The van der Waals surface area contributed by atoms with E-state index in [2.05, 4.69) is 51.3 Å². The molecular formula is C20H22O. The lowest BCUT2D eigenvalue weighted by Crippen LogP contribution is -1.93. The van der Waals surface area contributed by atoms with Crippen LogP contribution in [0, 0.1) is 13.8 Å². The van der Waals surface area contributed by atoms with Gasteiger partial charge in [0, 0.05) is 0 Å². The number of rotatable bonds is 6. The lowest BCUT2D eigenvalue weighted by atomic mass is 10.1. The highest BCUT2D eigenvalue weighted by Crippen LogP contribution is 2.29. The van der Waals surface area contributed by atoms with Crippen LogP contribution in [0.15, 0.2) is 61.7 Å². The molecule has 0 aliphatic rings. The Morgan fingerprint density at radius 2 is 1.24 bits per heavy atom. The maximum Gasteiger partial charge on any atom is 0.130 e. The number of hydrogen-bond acceptors (Lipinski definition) is 1. The zero-order chi connectivity index (χ0) is 15.2. The summed E-state index contributed by atoms with van der Waals surface area (Å²) in [5.74, 6) is 1.81. The Labute approximate surface area is 127 Å². The summed E-state index contributed by atoms with van der Waals surface area (Å²) >= 11 is 0. The van der Waals surface area contributed by atoms with E-state index in [1.807, 2.05) is 24.3 Å².